The minimum atomic E-state index is -1.62. The number of carbonyl (C=O) groups is 1. The van der Waals surface area contributed by atoms with Crippen LogP contribution in [0.5, 0.6) is 0 Å². The summed E-state index contributed by atoms with van der Waals surface area (Å²) in [5, 5.41) is 0.729. The average Bonchev–Trinajstić information content (AvgIpc) is 2.08. The highest BCUT2D eigenvalue weighted by atomic mass is 28.4. The quantitative estimate of drug-likeness (QED) is 0.535. The maximum atomic E-state index is 11.8. The summed E-state index contributed by atoms with van der Waals surface area (Å²) >= 11 is 0. The third-order valence-corrected chi connectivity index (χ3v) is 10.1. The summed E-state index contributed by atoms with van der Waals surface area (Å²) in [4.78, 5) is 11.8. The Balaban J connectivity index is 3.99. The first-order valence-electron chi connectivity index (χ1n) is 6.55. The van der Waals surface area contributed by atoms with Gasteiger partial charge in [0.25, 0.3) is 0 Å². The van der Waals surface area contributed by atoms with Crippen LogP contribution in [0.15, 0.2) is 0 Å². The third kappa shape index (κ3) is 5.97. The summed E-state index contributed by atoms with van der Waals surface area (Å²) in [5.41, 5.74) is 0. The molecule has 0 saturated carbocycles. The second-order valence-corrected chi connectivity index (χ2v) is 17.3. The molecule has 0 aromatic rings. The molecule has 0 fully saturated rings. The van der Waals surface area contributed by atoms with Crippen LogP contribution in [0.2, 0.25) is 37.8 Å². The maximum absolute atomic E-state index is 11.8. The first-order chi connectivity index (χ1) is 7.38. The lowest BCUT2D eigenvalue weighted by Crippen LogP contribution is -2.41. The monoisotopic (exact) mass is 274 g/mol. The number of hydrogen-bond donors (Lipinski definition) is 0. The number of carbonyl (C=O) groups excluding carboxylic acids is 1. The van der Waals surface area contributed by atoms with Gasteiger partial charge in [0.15, 0.2) is 8.32 Å². The van der Waals surface area contributed by atoms with E-state index >= 15 is 0 Å². The molecule has 0 bridgehead atoms. The van der Waals surface area contributed by atoms with Gasteiger partial charge >= 0.3 is 0 Å². The van der Waals surface area contributed by atoms with Gasteiger partial charge in [-0.3, -0.25) is 0 Å². The Morgan fingerprint density at radius 1 is 1.06 bits per heavy atom. The summed E-state index contributed by atoms with van der Waals surface area (Å²) in [6.45, 7) is 18.3. The molecule has 0 unspecified atom stereocenters. The second-order valence-electron chi connectivity index (χ2n) is 7.39. The van der Waals surface area contributed by atoms with Crippen molar-refractivity contribution in [3.63, 3.8) is 0 Å². The molecule has 0 N–H and O–H groups in total. The molecule has 0 aliphatic rings. The highest BCUT2D eigenvalue weighted by Crippen LogP contribution is 2.36. The predicted octanol–water partition coefficient (Wildman–Crippen LogP) is 4.23. The molecule has 0 aromatic heterocycles. The molecule has 0 spiro atoms. The zero-order valence-corrected chi connectivity index (χ0v) is 14.9. The Morgan fingerprint density at radius 3 is 1.88 bits per heavy atom. The molecule has 0 amide bonds. The molecule has 17 heavy (non-hydrogen) atoms. The van der Waals surface area contributed by atoms with Gasteiger partial charge in [0.1, 0.15) is 13.5 Å². The van der Waals surface area contributed by atoms with E-state index in [9.17, 15) is 4.79 Å². The van der Waals surface area contributed by atoms with Crippen molar-refractivity contribution in [1.29, 1.82) is 0 Å². The van der Waals surface area contributed by atoms with Gasteiger partial charge in [0, 0.05) is 13.0 Å². The zero-order valence-electron chi connectivity index (χ0n) is 12.9. The van der Waals surface area contributed by atoms with Crippen LogP contribution in [0.25, 0.3) is 0 Å². The molecule has 0 saturated heterocycles. The van der Waals surface area contributed by atoms with E-state index in [1.165, 1.54) is 0 Å². The summed E-state index contributed by atoms with van der Waals surface area (Å²) in [5.74, 6) is 0. The van der Waals surface area contributed by atoms with Crippen LogP contribution in [0.1, 0.15) is 33.6 Å². The van der Waals surface area contributed by atoms with Crippen LogP contribution in [0.3, 0.4) is 0 Å². The second kappa shape index (κ2) is 5.80. The largest absolute Gasteiger partial charge is 0.417 e. The fourth-order valence-electron chi connectivity index (χ4n) is 1.15. The van der Waals surface area contributed by atoms with Crippen LogP contribution in [-0.4, -0.2) is 28.4 Å². The summed E-state index contributed by atoms with van der Waals surface area (Å²) in [7, 11) is -3.20. The minimum absolute atomic E-state index is 0.260. The van der Waals surface area contributed by atoms with E-state index in [0.717, 1.165) is 13.0 Å². The van der Waals surface area contributed by atoms with E-state index in [1.54, 1.807) is 0 Å². The van der Waals surface area contributed by atoms with Crippen molar-refractivity contribution in [1.82, 2.24) is 0 Å². The van der Waals surface area contributed by atoms with Crippen LogP contribution in [-0.2, 0) is 9.22 Å². The van der Waals surface area contributed by atoms with E-state index in [2.05, 4.69) is 53.5 Å². The summed E-state index contributed by atoms with van der Waals surface area (Å²) in [6, 6.07) is 0. The topological polar surface area (TPSA) is 26.3 Å². The van der Waals surface area contributed by atoms with Crippen molar-refractivity contribution in [2.24, 2.45) is 0 Å². The molecule has 0 aliphatic carbocycles. The summed E-state index contributed by atoms with van der Waals surface area (Å²) in [6.07, 6.45) is 1.58. The van der Waals surface area contributed by atoms with E-state index in [1.807, 2.05) is 0 Å². The molecule has 0 aromatic carbocycles. The Labute approximate surface area is 109 Å². The fraction of sp³-hybridized carbons (Fsp3) is 0.923. The van der Waals surface area contributed by atoms with Gasteiger partial charge in [0.2, 0.25) is 0 Å². The average molecular weight is 275 g/mol. The lowest BCUT2D eigenvalue weighted by Gasteiger charge is -2.36. The first kappa shape index (κ1) is 17.1. The van der Waals surface area contributed by atoms with Crippen molar-refractivity contribution in [2.45, 2.75) is 71.4 Å². The Kier molecular flexibility index (Phi) is 5.82. The Morgan fingerprint density at radius 2 is 1.53 bits per heavy atom. The highest BCUT2D eigenvalue weighted by Gasteiger charge is 2.36. The van der Waals surface area contributed by atoms with Gasteiger partial charge in [-0.2, -0.15) is 0 Å². The molecule has 102 valence electrons. The van der Waals surface area contributed by atoms with Gasteiger partial charge in [0.05, 0.1) is 0 Å². The van der Waals surface area contributed by atoms with Crippen molar-refractivity contribution in [3.05, 3.63) is 0 Å². The van der Waals surface area contributed by atoms with Crippen LogP contribution in [0.4, 0.5) is 0 Å². The van der Waals surface area contributed by atoms with Crippen molar-refractivity contribution in [3.8, 4) is 0 Å². The molecular formula is C13H30O2Si2. The SMILES string of the molecule is CC(C)(C)[Si](C)(C)OCCCC(=O)[Si](C)(C)C. The predicted molar refractivity (Wildman–Crippen MR) is 80.7 cm³/mol. The highest BCUT2D eigenvalue weighted by molar-refractivity contribution is 7.03. The lowest BCUT2D eigenvalue weighted by molar-refractivity contribution is -0.112. The van der Waals surface area contributed by atoms with E-state index in [4.69, 9.17) is 4.43 Å². The van der Waals surface area contributed by atoms with E-state index in [0.29, 0.717) is 11.8 Å². The van der Waals surface area contributed by atoms with E-state index in [-0.39, 0.29) is 5.04 Å². The third-order valence-electron chi connectivity index (χ3n) is 3.65. The van der Waals surface area contributed by atoms with Crippen LogP contribution < -0.4 is 0 Å². The molecule has 4 heteroatoms. The Hall–Kier alpha value is 0.0638. The van der Waals surface area contributed by atoms with Crippen molar-refractivity contribution >= 4 is 21.8 Å². The first-order valence-corrected chi connectivity index (χ1v) is 13.0. The van der Waals surface area contributed by atoms with Crippen LogP contribution >= 0.6 is 0 Å². The molecule has 0 aliphatic heterocycles. The normalized spacial score (nSPS) is 13.9. The van der Waals surface area contributed by atoms with Gasteiger partial charge in [-0.25, -0.2) is 0 Å². The molecular weight excluding hydrogens is 244 g/mol. The van der Waals surface area contributed by atoms with Crippen molar-refractivity contribution in [2.75, 3.05) is 6.61 Å². The molecule has 0 rings (SSSR count). The molecule has 0 heterocycles. The minimum Gasteiger partial charge on any atom is -0.417 e. The Bertz CT molecular complexity index is 260. The maximum Gasteiger partial charge on any atom is 0.191 e. The molecule has 0 radical (unpaired) electrons. The molecule has 0 atom stereocenters. The smallest absolute Gasteiger partial charge is 0.191 e. The fourth-order valence-corrected chi connectivity index (χ4v) is 3.17. The lowest BCUT2D eigenvalue weighted by atomic mass is 10.2. The molecule has 2 nitrogen and oxygen atoms in total. The zero-order chi connectivity index (χ0) is 13.9. The van der Waals surface area contributed by atoms with Gasteiger partial charge in [-0.15, -0.1) is 0 Å². The van der Waals surface area contributed by atoms with E-state index < -0.39 is 16.4 Å². The van der Waals surface area contributed by atoms with Gasteiger partial charge < -0.3 is 9.22 Å². The van der Waals surface area contributed by atoms with Gasteiger partial charge in [-0.05, 0) is 24.6 Å². The number of hydrogen-bond acceptors (Lipinski definition) is 2. The summed E-state index contributed by atoms with van der Waals surface area (Å²) < 4.78 is 6.06. The standard InChI is InChI=1S/C13H30O2Si2/c1-13(2,3)17(7,8)15-11-9-10-12(14)16(4,5)6/h9-11H2,1-8H3. The van der Waals surface area contributed by atoms with Crippen LogP contribution in [0, 0.1) is 0 Å². The number of rotatable bonds is 6. The van der Waals surface area contributed by atoms with Gasteiger partial charge in [-0.1, -0.05) is 40.4 Å². The van der Waals surface area contributed by atoms with Crippen molar-refractivity contribution < 1.29 is 9.22 Å².